The van der Waals surface area contributed by atoms with Crippen LogP contribution in [0.5, 0.6) is 0 Å². The molecular formula is C12H15N3O4S. The van der Waals surface area contributed by atoms with Crippen LogP contribution < -0.4 is 15.2 Å². The first-order chi connectivity index (χ1) is 9.48. The van der Waals surface area contributed by atoms with Crippen LogP contribution in [0, 0.1) is 11.8 Å². The van der Waals surface area contributed by atoms with E-state index in [1.54, 1.807) is 29.0 Å². The first kappa shape index (κ1) is 16.0. The summed E-state index contributed by atoms with van der Waals surface area (Å²) >= 11 is 0. The molecule has 108 valence electrons. The minimum absolute atomic E-state index is 0.0122. The molecule has 0 radical (unpaired) electrons. The number of hydrogen-bond donors (Lipinski definition) is 3. The van der Waals surface area contributed by atoms with Gasteiger partial charge in [-0.1, -0.05) is 30.0 Å². The van der Waals surface area contributed by atoms with E-state index in [0.29, 0.717) is 11.1 Å². The lowest BCUT2D eigenvalue weighted by Gasteiger charge is -2.08. The smallest absolute Gasteiger partial charge is 0.421 e. The molecule has 7 nitrogen and oxygen atoms in total. The molecule has 0 saturated heterocycles. The second-order valence-corrected chi connectivity index (χ2v) is 5.08. The van der Waals surface area contributed by atoms with Crippen LogP contribution in [0.2, 0.25) is 0 Å². The Bertz CT molecular complexity index is 632. The Morgan fingerprint density at radius 3 is 2.75 bits per heavy atom. The van der Waals surface area contributed by atoms with Gasteiger partial charge in [0.05, 0.1) is 13.7 Å². The molecule has 0 heterocycles. The number of methoxy groups -OCH3 is 1. The highest BCUT2D eigenvalue weighted by atomic mass is 32.2. The first-order valence-electron chi connectivity index (χ1n) is 5.60. The van der Waals surface area contributed by atoms with Gasteiger partial charge in [-0.15, -0.1) is 0 Å². The maximum atomic E-state index is 11.5. The predicted molar refractivity (Wildman–Crippen MR) is 73.7 cm³/mol. The van der Waals surface area contributed by atoms with Gasteiger partial charge in [-0.2, -0.15) is 13.1 Å². The van der Waals surface area contributed by atoms with Crippen molar-refractivity contribution in [2.24, 2.45) is 5.73 Å². The monoisotopic (exact) mass is 297 g/mol. The molecule has 4 N–H and O–H groups in total. The van der Waals surface area contributed by atoms with Crippen LogP contribution in [0.25, 0.3) is 0 Å². The zero-order chi connectivity index (χ0) is 15.0. The minimum atomic E-state index is -3.98. The summed E-state index contributed by atoms with van der Waals surface area (Å²) in [7, 11) is -2.90. The fourth-order valence-corrected chi connectivity index (χ4v) is 2.02. The zero-order valence-electron chi connectivity index (χ0n) is 10.8. The second kappa shape index (κ2) is 7.49. The van der Waals surface area contributed by atoms with E-state index in [0.717, 1.165) is 7.11 Å². The number of rotatable bonds is 4. The number of nitrogens with two attached hydrogens (primary N) is 1. The topological polar surface area (TPSA) is 111 Å². The third kappa shape index (κ3) is 5.27. The SMILES string of the molecule is COC(=O)NS(=O)(=O)NCc1ccccc1C#CCN. The molecule has 20 heavy (non-hydrogen) atoms. The van der Waals surface area contributed by atoms with Crippen molar-refractivity contribution in [3.63, 3.8) is 0 Å². The van der Waals surface area contributed by atoms with Crippen molar-refractivity contribution in [3.05, 3.63) is 35.4 Å². The molecule has 1 amide bonds. The Hall–Kier alpha value is -2.08. The Kier molecular flexibility index (Phi) is 5.99. The molecule has 8 heteroatoms. The summed E-state index contributed by atoms with van der Waals surface area (Å²) in [6.07, 6.45) is -1.06. The molecular weight excluding hydrogens is 282 g/mol. The van der Waals surface area contributed by atoms with Gasteiger partial charge >= 0.3 is 16.3 Å². The van der Waals surface area contributed by atoms with Crippen LogP contribution in [0.3, 0.4) is 0 Å². The average Bonchev–Trinajstić information content (AvgIpc) is 2.43. The molecule has 0 fully saturated rings. The van der Waals surface area contributed by atoms with Gasteiger partial charge in [0, 0.05) is 12.1 Å². The van der Waals surface area contributed by atoms with Gasteiger partial charge in [0.1, 0.15) is 0 Å². The van der Waals surface area contributed by atoms with Gasteiger partial charge in [0.25, 0.3) is 0 Å². The fourth-order valence-electron chi connectivity index (χ4n) is 1.30. The summed E-state index contributed by atoms with van der Waals surface area (Å²) in [5.74, 6) is 5.53. The van der Waals surface area contributed by atoms with E-state index in [-0.39, 0.29) is 13.1 Å². The van der Waals surface area contributed by atoms with Crippen LogP contribution in [-0.4, -0.2) is 28.2 Å². The molecule has 1 aromatic carbocycles. The number of carbonyl (C=O) groups is 1. The summed E-state index contributed by atoms with van der Waals surface area (Å²) in [5, 5.41) is 0. The van der Waals surface area contributed by atoms with Gasteiger partial charge in [-0.05, 0) is 11.6 Å². The standard InChI is InChI=1S/C12H15N3O4S/c1-19-12(16)15-20(17,18)14-9-11-6-3-2-5-10(11)7-4-8-13/h2-3,5-6,14H,8-9,13H2,1H3,(H,15,16). The number of benzene rings is 1. The average molecular weight is 297 g/mol. The summed E-state index contributed by atoms with van der Waals surface area (Å²) in [5.41, 5.74) is 6.63. The number of nitrogens with one attached hydrogen (secondary N) is 2. The molecule has 0 aromatic heterocycles. The van der Waals surface area contributed by atoms with E-state index in [1.165, 1.54) is 0 Å². The number of amides is 1. The van der Waals surface area contributed by atoms with Crippen molar-refractivity contribution in [1.29, 1.82) is 0 Å². The van der Waals surface area contributed by atoms with Crippen LogP contribution >= 0.6 is 0 Å². The molecule has 0 aliphatic rings. The Morgan fingerprint density at radius 1 is 1.40 bits per heavy atom. The second-order valence-electron chi connectivity index (χ2n) is 3.58. The van der Waals surface area contributed by atoms with E-state index < -0.39 is 16.3 Å². The third-order valence-corrected chi connectivity index (χ3v) is 3.16. The van der Waals surface area contributed by atoms with Gasteiger partial charge in [-0.3, -0.25) is 0 Å². The quantitative estimate of drug-likeness (QED) is 0.660. The number of hydrogen-bond acceptors (Lipinski definition) is 5. The van der Waals surface area contributed by atoms with E-state index in [2.05, 4.69) is 21.3 Å². The molecule has 0 aliphatic carbocycles. The summed E-state index contributed by atoms with van der Waals surface area (Å²) in [6.45, 7) is 0.200. The van der Waals surface area contributed by atoms with Crippen LogP contribution in [0.4, 0.5) is 4.79 Å². The van der Waals surface area contributed by atoms with Crippen molar-refractivity contribution in [2.45, 2.75) is 6.54 Å². The van der Waals surface area contributed by atoms with Crippen molar-refractivity contribution >= 4 is 16.3 Å². The fraction of sp³-hybridized carbons (Fsp3) is 0.250. The third-order valence-electron chi connectivity index (χ3n) is 2.20. The molecule has 1 rings (SSSR count). The lowest BCUT2D eigenvalue weighted by atomic mass is 10.1. The van der Waals surface area contributed by atoms with E-state index in [4.69, 9.17) is 5.73 Å². The largest absolute Gasteiger partial charge is 0.452 e. The Morgan fingerprint density at radius 2 is 2.10 bits per heavy atom. The van der Waals surface area contributed by atoms with Gasteiger partial charge in [0.2, 0.25) is 0 Å². The highest BCUT2D eigenvalue weighted by Gasteiger charge is 2.14. The van der Waals surface area contributed by atoms with Crippen molar-refractivity contribution in [3.8, 4) is 11.8 Å². The van der Waals surface area contributed by atoms with Crippen LogP contribution in [0.1, 0.15) is 11.1 Å². The molecule has 0 aliphatic heterocycles. The van der Waals surface area contributed by atoms with Gasteiger partial charge < -0.3 is 10.5 Å². The molecule has 0 saturated carbocycles. The number of carbonyl (C=O) groups excluding carboxylic acids is 1. The van der Waals surface area contributed by atoms with E-state index in [1.807, 2.05) is 0 Å². The molecule has 0 spiro atoms. The van der Waals surface area contributed by atoms with Crippen LogP contribution in [-0.2, 0) is 21.5 Å². The maximum absolute atomic E-state index is 11.5. The molecule has 1 aromatic rings. The van der Waals surface area contributed by atoms with Crippen molar-refractivity contribution < 1.29 is 17.9 Å². The molecule has 0 atom stereocenters. The highest BCUT2D eigenvalue weighted by molar-refractivity contribution is 7.88. The molecule has 0 bridgehead atoms. The van der Waals surface area contributed by atoms with Crippen LogP contribution in [0.15, 0.2) is 24.3 Å². The minimum Gasteiger partial charge on any atom is -0.452 e. The van der Waals surface area contributed by atoms with Crippen molar-refractivity contribution in [2.75, 3.05) is 13.7 Å². The lowest BCUT2D eigenvalue weighted by molar-refractivity contribution is 0.177. The Labute approximate surface area is 117 Å². The number of ether oxygens (including phenoxy) is 1. The summed E-state index contributed by atoms with van der Waals surface area (Å²) in [4.78, 5) is 10.9. The van der Waals surface area contributed by atoms with E-state index in [9.17, 15) is 13.2 Å². The Balaban J connectivity index is 2.77. The van der Waals surface area contributed by atoms with Gasteiger partial charge in [0.15, 0.2) is 0 Å². The summed E-state index contributed by atoms with van der Waals surface area (Å²) < 4.78 is 31.1. The lowest BCUT2D eigenvalue weighted by Crippen LogP contribution is -2.39. The molecule has 0 unspecified atom stereocenters. The normalized spacial score (nSPS) is 10.3. The van der Waals surface area contributed by atoms with E-state index >= 15 is 0 Å². The summed E-state index contributed by atoms with van der Waals surface area (Å²) in [6, 6.07) is 7.01. The maximum Gasteiger partial charge on any atom is 0.421 e. The van der Waals surface area contributed by atoms with Crippen molar-refractivity contribution in [1.82, 2.24) is 9.44 Å². The predicted octanol–water partition coefficient (Wildman–Crippen LogP) is -0.313. The zero-order valence-corrected chi connectivity index (χ0v) is 11.7. The van der Waals surface area contributed by atoms with Gasteiger partial charge in [-0.25, -0.2) is 9.52 Å². The first-order valence-corrected chi connectivity index (χ1v) is 7.09. The highest BCUT2D eigenvalue weighted by Crippen LogP contribution is 2.07.